The van der Waals surface area contributed by atoms with E-state index in [1.54, 1.807) is 43.1 Å². The Morgan fingerprint density at radius 1 is 1.28 bits per heavy atom. The van der Waals surface area contributed by atoms with Crippen LogP contribution >= 0.6 is 0 Å². The topological polar surface area (TPSA) is 91.6 Å². The summed E-state index contributed by atoms with van der Waals surface area (Å²) in [5.41, 5.74) is 0.956. The van der Waals surface area contributed by atoms with Crippen LogP contribution in [0.1, 0.15) is 38.5 Å². The molecule has 1 aliphatic rings. The lowest BCUT2D eigenvalue weighted by molar-refractivity contribution is 0.0489. The van der Waals surface area contributed by atoms with Crippen LogP contribution < -0.4 is 5.32 Å². The number of aryl methyl sites for hydroxylation is 1. The third-order valence-electron chi connectivity index (χ3n) is 4.36. The van der Waals surface area contributed by atoms with Crippen molar-refractivity contribution in [3.8, 4) is 0 Å². The van der Waals surface area contributed by atoms with Crippen LogP contribution in [0.2, 0.25) is 0 Å². The smallest absolute Gasteiger partial charge is 0.253 e. The number of carbonyl (C=O) groups excluding carboxylic acids is 2. The molecule has 8 nitrogen and oxygen atoms in total. The van der Waals surface area contributed by atoms with E-state index in [9.17, 15) is 9.59 Å². The molecule has 25 heavy (non-hydrogen) atoms. The zero-order valence-corrected chi connectivity index (χ0v) is 14.5. The number of benzene rings is 1. The summed E-state index contributed by atoms with van der Waals surface area (Å²) >= 11 is 0. The van der Waals surface area contributed by atoms with E-state index in [1.165, 1.54) is 0 Å². The van der Waals surface area contributed by atoms with Crippen LogP contribution in [0.4, 0.5) is 0 Å². The van der Waals surface area contributed by atoms with Crippen LogP contribution in [0, 0.1) is 6.92 Å². The molecule has 1 aromatic heterocycles. The van der Waals surface area contributed by atoms with E-state index in [-0.39, 0.29) is 17.9 Å². The van der Waals surface area contributed by atoms with Crippen LogP contribution in [0.15, 0.2) is 28.8 Å². The Bertz CT molecular complexity index is 788. The second-order valence-electron chi connectivity index (χ2n) is 6.09. The van der Waals surface area contributed by atoms with Crippen molar-refractivity contribution in [2.24, 2.45) is 0 Å². The van der Waals surface area contributed by atoms with Crippen LogP contribution in [0.5, 0.6) is 0 Å². The first-order valence-electron chi connectivity index (χ1n) is 8.11. The highest BCUT2D eigenvalue weighted by molar-refractivity contribution is 5.99. The summed E-state index contributed by atoms with van der Waals surface area (Å²) in [5.74, 6) is 0.758. The predicted molar refractivity (Wildman–Crippen MR) is 90.1 cm³/mol. The molecular weight excluding hydrogens is 322 g/mol. The molecule has 1 saturated heterocycles. The maximum absolute atomic E-state index is 12.9. The molecule has 1 unspecified atom stereocenters. The van der Waals surface area contributed by atoms with Gasteiger partial charge in [-0.2, -0.15) is 4.98 Å². The number of carbonyl (C=O) groups is 2. The third kappa shape index (κ3) is 3.53. The van der Waals surface area contributed by atoms with Gasteiger partial charge in [0.2, 0.25) is 5.89 Å². The predicted octanol–water partition coefficient (Wildman–Crippen LogP) is 0.867. The van der Waals surface area contributed by atoms with Crippen molar-refractivity contribution in [2.75, 3.05) is 33.7 Å². The molecule has 132 valence electrons. The molecule has 0 saturated carbocycles. The molecule has 0 aliphatic carbocycles. The fourth-order valence-electron chi connectivity index (χ4n) is 2.89. The fourth-order valence-corrected chi connectivity index (χ4v) is 2.89. The first-order chi connectivity index (χ1) is 12.0. The van der Waals surface area contributed by atoms with E-state index >= 15 is 0 Å². The zero-order valence-electron chi connectivity index (χ0n) is 14.5. The molecule has 0 bridgehead atoms. The van der Waals surface area contributed by atoms with Crippen molar-refractivity contribution in [2.45, 2.75) is 13.0 Å². The molecule has 2 amide bonds. The molecule has 3 rings (SSSR count). The number of nitrogens with zero attached hydrogens (tertiary/aromatic N) is 4. The summed E-state index contributed by atoms with van der Waals surface area (Å²) in [6, 6.07) is 6.60. The van der Waals surface area contributed by atoms with Gasteiger partial charge >= 0.3 is 0 Å². The summed E-state index contributed by atoms with van der Waals surface area (Å²) in [7, 11) is 3.53. The highest BCUT2D eigenvalue weighted by Crippen LogP contribution is 2.24. The molecule has 1 aromatic carbocycles. The van der Waals surface area contributed by atoms with Crippen molar-refractivity contribution in [3.63, 3.8) is 0 Å². The van der Waals surface area contributed by atoms with Gasteiger partial charge in [0.1, 0.15) is 6.04 Å². The Labute approximate surface area is 145 Å². The first kappa shape index (κ1) is 17.1. The average molecular weight is 343 g/mol. The number of hydrogen-bond acceptors (Lipinski definition) is 6. The lowest BCUT2D eigenvalue weighted by Crippen LogP contribution is -2.49. The lowest BCUT2D eigenvalue weighted by Gasteiger charge is -2.37. The van der Waals surface area contributed by atoms with Crippen molar-refractivity contribution in [1.82, 2.24) is 25.3 Å². The average Bonchev–Trinajstić information content (AvgIpc) is 3.07. The molecule has 8 heteroatoms. The van der Waals surface area contributed by atoms with Crippen LogP contribution in [0.25, 0.3) is 0 Å². The molecular formula is C17H21N5O3. The summed E-state index contributed by atoms with van der Waals surface area (Å²) in [5, 5.41) is 6.40. The monoisotopic (exact) mass is 343 g/mol. The van der Waals surface area contributed by atoms with Gasteiger partial charge in [0, 0.05) is 37.8 Å². The van der Waals surface area contributed by atoms with Gasteiger partial charge in [0.05, 0.1) is 0 Å². The maximum atomic E-state index is 12.9. The van der Waals surface area contributed by atoms with Crippen LogP contribution in [-0.4, -0.2) is 65.5 Å². The van der Waals surface area contributed by atoms with E-state index in [0.717, 1.165) is 0 Å². The van der Waals surface area contributed by atoms with Crippen molar-refractivity contribution < 1.29 is 14.1 Å². The summed E-state index contributed by atoms with van der Waals surface area (Å²) in [6.07, 6.45) is 0. The molecule has 1 atom stereocenters. The Kier molecular flexibility index (Phi) is 4.80. The van der Waals surface area contributed by atoms with Gasteiger partial charge in [-0.15, -0.1) is 0 Å². The number of likely N-dealkylation sites (N-methyl/N-ethyl adjacent to an activating group) is 1. The van der Waals surface area contributed by atoms with Gasteiger partial charge in [-0.3, -0.25) is 14.5 Å². The van der Waals surface area contributed by atoms with Crippen molar-refractivity contribution in [1.29, 1.82) is 0 Å². The maximum Gasteiger partial charge on any atom is 0.253 e. The lowest BCUT2D eigenvalue weighted by atomic mass is 10.1. The van der Waals surface area contributed by atoms with Gasteiger partial charge in [-0.25, -0.2) is 0 Å². The summed E-state index contributed by atoms with van der Waals surface area (Å²) in [6.45, 7) is 3.53. The number of rotatable bonds is 3. The quantitative estimate of drug-likeness (QED) is 0.889. The highest BCUT2D eigenvalue weighted by atomic mass is 16.5. The van der Waals surface area contributed by atoms with E-state index in [0.29, 0.717) is 42.5 Å². The Morgan fingerprint density at radius 3 is 2.72 bits per heavy atom. The zero-order chi connectivity index (χ0) is 18.0. The third-order valence-corrected chi connectivity index (χ3v) is 4.36. The number of amides is 2. The number of piperazine rings is 1. The summed E-state index contributed by atoms with van der Waals surface area (Å²) < 4.78 is 5.28. The van der Waals surface area contributed by atoms with Gasteiger partial charge < -0.3 is 14.7 Å². The molecule has 0 spiro atoms. The molecule has 2 aromatic rings. The highest BCUT2D eigenvalue weighted by Gasteiger charge is 2.32. The Balaban J connectivity index is 1.79. The second kappa shape index (κ2) is 7.02. The van der Waals surface area contributed by atoms with Gasteiger partial charge in [-0.1, -0.05) is 11.2 Å². The second-order valence-corrected chi connectivity index (χ2v) is 6.09. The van der Waals surface area contributed by atoms with Crippen molar-refractivity contribution >= 4 is 11.8 Å². The summed E-state index contributed by atoms with van der Waals surface area (Å²) in [4.78, 5) is 32.8. The standard InChI is InChI=1S/C17H21N5O3/c1-11-19-16(25-20-11)14-10-22(8-7-21(14)3)17(24)13-6-4-5-12(9-13)15(23)18-2/h4-6,9,14H,7-8,10H2,1-3H3,(H,18,23). The van der Waals surface area contributed by atoms with E-state index in [2.05, 4.69) is 20.4 Å². The SMILES string of the molecule is CNC(=O)c1cccc(C(=O)N2CCN(C)C(c3nc(C)no3)C2)c1. The number of nitrogens with one attached hydrogen (secondary N) is 1. The molecule has 0 radical (unpaired) electrons. The largest absolute Gasteiger partial charge is 0.355 e. The first-order valence-corrected chi connectivity index (χ1v) is 8.11. The van der Waals surface area contributed by atoms with E-state index in [1.807, 2.05) is 7.05 Å². The fraction of sp³-hybridized carbons (Fsp3) is 0.412. The van der Waals surface area contributed by atoms with Gasteiger partial charge in [0.25, 0.3) is 11.8 Å². The molecule has 1 fully saturated rings. The Hall–Kier alpha value is -2.74. The normalized spacial score (nSPS) is 18.2. The number of aromatic nitrogens is 2. The van der Waals surface area contributed by atoms with Crippen LogP contribution in [0.3, 0.4) is 0 Å². The minimum Gasteiger partial charge on any atom is -0.355 e. The van der Waals surface area contributed by atoms with Gasteiger partial charge in [-0.05, 0) is 32.2 Å². The Morgan fingerprint density at radius 2 is 2.04 bits per heavy atom. The molecule has 1 N–H and O–H groups in total. The van der Waals surface area contributed by atoms with Crippen molar-refractivity contribution in [3.05, 3.63) is 47.1 Å². The minimum absolute atomic E-state index is 0.111. The molecule has 2 heterocycles. The molecule has 1 aliphatic heterocycles. The number of hydrogen-bond donors (Lipinski definition) is 1. The van der Waals surface area contributed by atoms with E-state index in [4.69, 9.17) is 4.52 Å². The minimum atomic E-state index is -0.216. The van der Waals surface area contributed by atoms with Crippen LogP contribution in [-0.2, 0) is 0 Å². The van der Waals surface area contributed by atoms with Gasteiger partial charge in [0.15, 0.2) is 5.82 Å². The van der Waals surface area contributed by atoms with E-state index < -0.39 is 0 Å².